The molecule has 2 heterocycles. The Labute approximate surface area is 241 Å². The van der Waals surface area contributed by atoms with E-state index in [1.807, 2.05) is 60.7 Å². The minimum Gasteiger partial charge on any atom is -0.448 e. The maximum absolute atomic E-state index is 13.8. The Kier molecular flexibility index (Phi) is 9.24. The quantitative estimate of drug-likeness (QED) is 0.113. The van der Waals surface area contributed by atoms with Gasteiger partial charge in [-0.3, -0.25) is 14.5 Å². The molecule has 1 saturated heterocycles. The predicted molar refractivity (Wildman–Crippen MR) is 159 cm³/mol. The van der Waals surface area contributed by atoms with Gasteiger partial charge in [-0.25, -0.2) is 4.79 Å². The van der Waals surface area contributed by atoms with E-state index in [0.717, 1.165) is 11.1 Å². The van der Waals surface area contributed by atoms with Crippen molar-refractivity contribution in [1.82, 2.24) is 10.2 Å². The molecule has 2 aromatic rings. The lowest BCUT2D eigenvalue weighted by Crippen LogP contribution is -2.69. The Bertz CT molecular complexity index is 1290. The summed E-state index contributed by atoms with van der Waals surface area (Å²) in [5.74, 6) is 5.74. The van der Waals surface area contributed by atoms with Crippen molar-refractivity contribution < 1.29 is 23.5 Å². The highest BCUT2D eigenvalue weighted by Gasteiger charge is 2.54. The van der Waals surface area contributed by atoms with Crippen LogP contribution in [0.3, 0.4) is 0 Å². The van der Waals surface area contributed by atoms with Crippen molar-refractivity contribution in [3.63, 3.8) is 0 Å². The lowest BCUT2D eigenvalue weighted by atomic mass is 10.0. The minimum absolute atomic E-state index is 0.104. The van der Waals surface area contributed by atoms with Gasteiger partial charge in [-0.1, -0.05) is 93.3 Å². The van der Waals surface area contributed by atoms with E-state index in [0.29, 0.717) is 30.8 Å². The molecule has 0 spiro atoms. The molecule has 2 atom stereocenters. The van der Waals surface area contributed by atoms with Crippen LogP contribution < -0.4 is 5.32 Å². The number of ether oxygens (including phenoxy) is 1. The first-order valence-electron chi connectivity index (χ1n) is 13.4. The van der Waals surface area contributed by atoms with Gasteiger partial charge in [0.1, 0.15) is 17.1 Å². The molecule has 9 heteroatoms. The van der Waals surface area contributed by atoms with E-state index in [-0.39, 0.29) is 22.0 Å². The highest BCUT2D eigenvalue weighted by molar-refractivity contribution is 8.00. The highest BCUT2D eigenvalue weighted by atomic mass is 32.2. The molecule has 1 N–H and O–H groups in total. The zero-order valence-electron chi connectivity index (χ0n) is 23.6. The highest BCUT2D eigenvalue weighted by Crippen LogP contribution is 2.41. The van der Waals surface area contributed by atoms with Crippen molar-refractivity contribution in [2.75, 3.05) is 12.4 Å². The zero-order valence-corrected chi connectivity index (χ0v) is 25.4. The number of thioether (sulfide) groups is 1. The third-order valence-electron chi connectivity index (χ3n) is 7.57. The SMILES string of the molecule is CC(C)(C)[Si](C)(C)OCCC#CC1=C(C(=O)OC(c2ccccc2)c2ccccc2)N2C(=O)[C@@H](NC=O)[C@H]2SC1. The predicted octanol–water partition coefficient (Wildman–Crippen LogP) is 5.02. The Morgan fingerprint density at radius 2 is 1.73 bits per heavy atom. The van der Waals surface area contributed by atoms with Crippen molar-refractivity contribution in [1.29, 1.82) is 0 Å². The van der Waals surface area contributed by atoms with Crippen LogP contribution in [0.2, 0.25) is 18.1 Å². The molecule has 7 nitrogen and oxygen atoms in total. The topological polar surface area (TPSA) is 84.9 Å². The van der Waals surface area contributed by atoms with Crippen molar-refractivity contribution in [3.05, 3.63) is 83.1 Å². The van der Waals surface area contributed by atoms with Crippen LogP contribution in [0.5, 0.6) is 0 Å². The molecule has 0 radical (unpaired) electrons. The second-order valence-electron chi connectivity index (χ2n) is 11.3. The number of hydrogen-bond acceptors (Lipinski definition) is 6. The Balaban J connectivity index is 1.61. The van der Waals surface area contributed by atoms with Crippen LogP contribution in [0.15, 0.2) is 71.9 Å². The number of carbonyl (C=O) groups excluding carboxylic acids is 3. The second kappa shape index (κ2) is 12.5. The molecule has 0 aromatic heterocycles. The molecule has 1 fully saturated rings. The summed E-state index contributed by atoms with van der Waals surface area (Å²) in [4.78, 5) is 39.4. The van der Waals surface area contributed by atoms with Gasteiger partial charge in [-0.15, -0.1) is 11.8 Å². The van der Waals surface area contributed by atoms with Gasteiger partial charge in [0.25, 0.3) is 5.91 Å². The Hall–Kier alpha value is -3.32. The largest absolute Gasteiger partial charge is 0.448 e. The number of fused-ring (bicyclic) bond motifs is 1. The molecular weight excluding hydrogens is 541 g/mol. The molecule has 4 rings (SSSR count). The first-order chi connectivity index (χ1) is 19.0. The van der Waals surface area contributed by atoms with Crippen molar-refractivity contribution >= 4 is 38.4 Å². The molecule has 210 valence electrons. The summed E-state index contributed by atoms with van der Waals surface area (Å²) in [7, 11) is -1.89. The van der Waals surface area contributed by atoms with Gasteiger partial charge in [-0.2, -0.15) is 0 Å². The van der Waals surface area contributed by atoms with Gasteiger partial charge < -0.3 is 14.5 Å². The van der Waals surface area contributed by atoms with Crippen molar-refractivity contribution in [2.24, 2.45) is 0 Å². The van der Waals surface area contributed by atoms with Gasteiger partial charge in [-0.05, 0) is 29.3 Å². The summed E-state index contributed by atoms with van der Waals surface area (Å²) in [6, 6.07) is 18.3. The number of carbonyl (C=O) groups is 3. The number of nitrogens with zero attached hydrogens (tertiary/aromatic N) is 1. The fraction of sp³-hybridized carbons (Fsp3) is 0.387. The fourth-order valence-electron chi connectivity index (χ4n) is 4.29. The van der Waals surface area contributed by atoms with E-state index < -0.39 is 26.4 Å². The molecule has 2 aromatic carbocycles. The van der Waals surface area contributed by atoms with Crippen LogP contribution in [0.4, 0.5) is 0 Å². The van der Waals surface area contributed by atoms with Crippen LogP contribution in [0.25, 0.3) is 0 Å². The zero-order chi connectivity index (χ0) is 28.9. The maximum Gasteiger partial charge on any atom is 0.357 e. The summed E-state index contributed by atoms with van der Waals surface area (Å²) in [6.45, 7) is 11.5. The lowest BCUT2D eigenvalue weighted by Gasteiger charge is -2.48. The third kappa shape index (κ3) is 6.35. The number of β-lactam (4-membered cyclic amide) rings is 1. The van der Waals surface area contributed by atoms with Crippen LogP contribution in [0, 0.1) is 11.8 Å². The van der Waals surface area contributed by atoms with E-state index in [9.17, 15) is 14.4 Å². The monoisotopic (exact) mass is 576 g/mol. The van der Waals surface area contributed by atoms with Crippen LogP contribution >= 0.6 is 11.8 Å². The standard InChI is InChI=1S/C31H36N2O5SSi/c1-31(2,3)40(4,5)37-19-13-12-18-24-20-39-29-25(32-21-34)28(35)33(29)26(24)30(36)38-27(22-14-8-6-9-15-22)23-16-10-7-11-17-23/h6-11,14-17,21,25,27,29H,13,19-20H2,1-5H3,(H,32,34)/t25-,29-/m1/s1. The van der Waals surface area contributed by atoms with Crippen molar-refractivity contribution in [3.8, 4) is 11.8 Å². The normalized spacial score (nSPS) is 18.9. The molecule has 2 amide bonds. The van der Waals surface area contributed by atoms with Gasteiger partial charge in [0.15, 0.2) is 14.4 Å². The summed E-state index contributed by atoms with van der Waals surface area (Å²) < 4.78 is 12.4. The number of hydrogen-bond donors (Lipinski definition) is 1. The molecule has 2 aliphatic heterocycles. The average Bonchev–Trinajstić information content (AvgIpc) is 2.94. The number of nitrogens with one attached hydrogen (secondary N) is 1. The smallest absolute Gasteiger partial charge is 0.357 e. The molecule has 0 bridgehead atoms. The fourth-order valence-corrected chi connectivity index (χ4v) is 6.63. The number of amides is 2. The van der Waals surface area contributed by atoms with Crippen LogP contribution in [0.1, 0.15) is 44.4 Å². The van der Waals surface area contributed by atoms with E-state index in [1.54, 1.807) is 0 Å². The molecule has 0 saturated carbocycles. The Morgan fingerprint density at radius 3 is 2.27 bits per heavy atom. The number of esters is 1. The summed E-state index contributed by atoms with van der Waals surface area (Å²) >= 11 is 1.47. The Morgan fingerprint density at radius 1 is 1.12 bits per heavy atom. The average molecular weight is 577 g/mol. The maximum atomic E-state index is 13.8. The number of benzene rings is 2. The first-order valence-corrected chi connectivity index (χ1v) is 17.3. The molecule has 40 heavy (non-hydrogen) atoms. The molecule has 0 aliphatic carbocycles. The van der Waals surface area contributed by atoms with E-state index in [4.69, 9.17) is 9.16 Å². The van der Waals surface area contributed by atoms with Crippen LogP contribution in [-0.4, -0.2) is 55.3 Å². The minimum atomic E-state index is -1.89. The van der Waals surface area contributed by atoms with Gasteiger partial charge >= 0.3 is 5.97 Å². The lowest BCUT2D eigenvalue weighted by molar-refractivity contribution is -0.154. The van der Waals surface area contributed by atoms with Gasteiger partial charge in [0, 0.05) is 24.4 Å². The van der Waals surface area contributed by atoms with Crippen molar-refractivity contribution in [2.45, 2.75) is 62.8 Å². The molecular formula is C31H36N2O5SSi. The summed E-state index contributed by atoms with van der Waals surface area (Å²) in [6.07, 6.45) is 0.357. The molecule has 2 aliphatic rings. The van der Waals surface area contributed by atoms with Crippen LogP contribution in [-0.2, 0) is 23.5 Å². The second-order valence-corrected chi connectivity index (χ2v) is 17.2. The van der Waals surface area contributed by atoms with E-state index in [1.165, 1.54) is 16.7 Å². The summed E-state index contributed by atoms with van der Waals surface area (Å²) in [5, 5.41) is 2.28. The van der Waals surface area contributed by atoms with E-state index in [2.05, 4.69) is 51.0 Å². The summed E-state index contributed by atoms with van der Waals surface area (Å²) in [5.41, 5.74) is 2.31. The van der Waals surface area contributed by atoms with Gasteiger partial charge in [0.2, 0.25) is 6.41 Å². The number of rotatable bonds is 9. The first kappa shape index (κ1) is 29.7. The third-order valence-corrected chi connectivity index (χ3v) is 13.4. The molecule has 0 unspecified atom stereocenters. The van der Waals surface area contributed by atoms with Gasteiger partial charge in [0.05, 0.1) is 0 Å². The van der Waals surface area contributed by atoms with E-state index >= 15 is 0 Å².